The van der Waals surface area contributed by atoms with E-state index in [0.29, 0.717) is 35.5 Å². The first kappa shape index (κ1) is 53.6. The van der Waals surface area contributed by atoms with Crippen molar-refractivity contribution in [1.82, 2.24) is 9.55 Å². The van der Waals surface area contributed by atoms with Crippen LogP contribution in [0.15, 0.2) is 82.5 Å². The van der Waals surface area contributed by atoms with Gasteiger partial charge in [0.15, 0.2) is 6.23 Å². The number of hydrogen-bond donors (Lipinski definition) is 2. The third kappa shape index (κ3) is 21.9. The summed E-state index contributed by atoms with van der Waals surface area (Å²) in [6.07, 6.45) is 23.3. The number of phosphoric ester groups is 2. The van der Waals surface area contributed by atoms with Gasteiger partial charge in [-0.3, -0.25) is 37.5 Å². The Bertz CT molecular complexity index is 2020. The van der Waals surface area contributed by atoms with E-state index in [1.165, 1.54) is 82.6 Å². The highest BCUT2D eigenvalue weighted by Crippen LogP contribution is 2.64. The van der Waals surface area contributed by atoms with E-state index in [2.05, 4.69) is 18.8 Å². The summed E-state index contributed by atoms with van der Waals surface area (Å²) in [5.74, 6) is -0.0673. The lowest BCUT2D eigenvalue weighted by atomic mass is 10.1. The molecule has 2 heterocycles. The van der Waals surface area contributed by atoms with Gasteiger partial charge < -0.3 is 19.1 Å². The number of carbonyl (C=O) groups is 2. The molecule has 3 aromatic rings. The Morgan fingerprint density at radius 3 is 1.52 bits per heavy atom. The zero-order valence-electron chi connectivity index (χ0n) is 37.9. The van der Waals surface area contributed by atoms with Crippen molar-refractivity contribution in [3.8, 4) is 11.5 Å². The Hall–Kier alpha value is -3.98. The number of unbranched alkanes of at least 4 members (excludes halogenated alkanes) is 16. The van der Waals surface area contributed by atoms with Crippen molar-refractivity contribution in [1.29, 1.82) is 0 Å². The largest absolute Gasteiger partial charge is 0.484 e. The fourth-order valence-electron chi connectivity index (χ4n) is 6.91. The summed E-state index contributed by atoms with van der Waals surface area (Å²) < 4.78 is 66.3. The summed E-state index contributed by atoms with van der Waals surface area (Å²) in [5.41, 5.74) is -0.409. The smallest absolute Gasteiger partial charge is 0.427 e. The predicted octanol–water partition coefficient (Wildman–Crippen LogP) is 11.3. The van der Waals surface area contributed by atoms with Gasteiger partial charge in [0, 0.05) is 25.1 Å². The van der Waals surface area contributed by atoms with Crippen LogP contribution in [0.2, 0.25) is 0 Å². The molecule has 16 nitrogen and oxygen atoms in total. The Morgan fingerprint density at radius 1 is 0.631 bits per heavy atom. The predicted molar refractivity (Wildman–Crippen MR) is 246 cm³/mol. The highest BCUT2D eigenvalue weighted by Gasteiger charge is 2.39. The molecule has 0 amide bonds. The van der Waals surface area contributed by atoms with Gasteiger partial charge in [0.1, 0.15) is 17.6 Å². The lowest BCUT2D eigenvalue weighted by molar-refractivity contribution is -0.135. The minimum absolute atomic E-state index is 0.300. The highest BCUT2D eigenvalue weighted by atomic mass is 31.3. The molecule has 1 aromatic heterocycles. The molecular formula is C47H68N2O14P2. The number of aromatic amines is 1. The van der Waals surface area contributed by atoms with Gasteiger partial charge in [-0.1, -0.05) is 147 Å². The molecule has 0 bridgehead atoms. The second-order valence-corrected chi connectivity index (χ2v) is 19.5. The molecule has 1 unspecified atom stereocenters. The number of ether oxygens (including phenoxy) is 3. The molecule has 0 fully saturated rings. The first-order valence-electron chi connectivity index (χ1n) is 23.2. The van der Waals surface area contributed by atoms with Crippen LogP contribution < -0.4 is 20.7 Å². The fraction of sp³-hybridized carbons (Fsp3) is 0.574. The van der Waals surface area contributed by atoms with Gasteiger partial charge in [0.25, 0.3) is 5.56 Å². The number of carbonyl (C=O) groups excluding carboxylic acids is 2. The van der Waals surface area contributed by atoms with Crippen LogP contribution in [-0.4, -0.2) is 39.1 Å². The number of nitrogens with one attached hydrogen (secondary N) is 1. The summed E-state index contributed by atoms with van der Waals surface area (Å²) >= 11 is 0. The normalized spacial score (nSPS) is 15.8. The van der Waals surface area contributed by atoms with Gasteiger partial charge in [0.05, 0.1) is 19.8 Å². The van der Waals surface area contributed by atoms with Crippen LogP contribution in [0.25, 0.3) is 0 Å². The van der Waals surface area contributed by atoms with Crippen LogP contribution >= 0.6 is 15.6 Å². The van der Waals surface area contributed by atoms with Crippen molar-refractivity contribution in [3.63, 3.8) is 0 Å². The maximum atomic E-state index is 14.0. The molecule has 3 atom stereocenters. The first-order valence-corrected chi connectivity index (χ1v) is 26.1. The molecule has 0 aliphatic carbocycles. The minimum atomic E-state index is -5.17. The van der Waals surface area contributed by atoms with E-state index in [1.54, 1.807) is 48.5 Å². The van der Waals surface area contributed by atoms with Crippen LogP contribution in [0.1, 0.15) is 160 Å². The third-order valence-corrected chi connectivity index (χ3v) is 13.6. The Morgan fingerprint density at radius 2 is 1.08 bits per heavy atom. The van der Waals surface area contributed by atoms with Crippen molar-refractivity contribution in [3.05, 3.63) is 105 Å². The van der Waals surface area contributed by atoms with Crippen molar-refractivity contribution in [2.45, 2.75) is 168 Å². The van der Waals surface area contributed by atoms with Crippen molar-refractivity contribution < 1.29 is 55.7 Å². The summed E-state index contributed by atoms with van der Waals surface area (Å²) in [5, 5.41) is 0. The number of phosphoric acid groups is 2. The van der Waals surface area contributed by atoms with E-state index in [1.807, 2.05) is 0 Å². The quantitative estimate of drug-likeness (QED) is 0.0188. The molecular weight excluding hydrogens is 878 g/mol. The van der Waals surface area contributed by atoms with Gasteiger partial charge in [-0.25, -0.2) is 13.9 Å². The number of aromatic nitrogens is 2. The van der Waals surface area contributed by atoms with Gasteiger partial charge in [-0.2, -0.15) is 4.31 Å². The summed E-state index contributed by atoms with van der Waals surface area (Å²) in [7, 11) is -10.0. The maximum Gasteiger partial charge on any atom is 0.484 e. The Labute approximate surface area is 382 Å². The number of rotatable bonds is 34. The molecule has 0 saturated carbocycles. The Balaban J connectivity index is 1.29. The standard InChI is InChI=1S/C47H68N2O14P2/c1-3-5-7-9-11-13-15-17-19-21-45(51)61-40-27-23-38(24-28-40)35-58-65(56,63-64(54,55)57-37-42-31-32-44(60-42)49-34-33-43(50)48-47(49)53)59-36-39-25-29-41(30-26-39)62-46(52)22-20-18-16-14-12-10-8-6-4-2/h23-34,42,44H,3-22,35-37H2,1-2H3,(H,54,55)(H,48,50,53)/t42-,44+/m0/s1. The average Bonchev–Trinajstić information content (AvgIpc) is 3.75. The van der Waals surface area contributed by atoms with Crippen LogP contribution in [-0.2, 0) is 54.6 Å². The van der Waals surface area contributed by atoms with E-state index in [4.69, 9.17) is 32.1 Å². The molecule has 2 aromatic carbocycles. The van der Waals surface area contributed by atoms with Crippen molar-refractivity contribution >= 4 is 27.6 Å². The van der Waals surface area contributed by atoms with E-state index in [0.717, 1.165) is 62.0 Å². The van der Waals surface area contributed by atoms with E-state index in [-0.39, 0.29) is 11.9 Å². The van der Waals surface area contributed by atoms with Crippen LogP contribution in [0.3, 0.4) is 0 Å². The highest BCUT2D eigenvalue weighted by molar-refractivity contribution is 7.61. The van der Waals surface area contributed by atoms with Crippen molar-refractivity contribution in [2.75, 3.05) is 6.61 Å². The molecule has 360 valence electrons. The Kier molecular flexibility index (Phi) is 24.4. The SMILES string of the molecule is CCCCCCCCCCCC(=O)Oc1ccc(COP(=O)(OCc2ccc(OC(=O)CCCCCCCCCCC)cc2)OP(=O)(O)OC[C@@H]2C=C[C@H](n3ccc(=O)[nH]c3=O)O2)cc1. The second kappa shape index (κ2) is 29.6. The van der Waals surface area contributed by atoms with Crippen molar-refractivity contribution in [2.24, 2.45) is 0 Å². The number of esters is 2. The molecule has 65 heavy (non-hydrogen) atoms. The molecule has 2 N–H and O–H groups in total. The number of benzene rings is 2. The zero-order valence-corrected chi connectivity index (χ0v) is 39.7. The lowest BCUT2D eigenvalue weighted by Gasteiger charge is -2.22. The van der Waals surface area contributed by atoms with E-state index in [9.17, 15) is 33.2 Å². The van der Waals surface area contributed by atoms with Gasteiger partial charge in [0.2, 0.25) is 0 Å². The number of H-pyrrole nitrogens is 1. The van der Waals surface area contributed by atoms with Gasteiger partial charge in [-0.15, -0.1) is 0 Å². The minimum Gasteiger partial charge on any atom is -0.427 e. The molecule has 1 aliphatic rings. The molecule has 0 spiro atoms. The van der Waals surface area contributed by atoms with Gasteiger partial charge in [-0.05, 0) is 54.3 Å². The summed E-state index contributed by atoms with van der Waals surface area (Å²) in [6.45, 7) is 3.04. The molecule has 1 aliphatic heterocycles. The topological polar surface area (TPSA) is 208 Å². The summed E-state index contributed by atoms with van der Waals surface area (Å²) in [6, 6.07) is 13.6. The fourth-order valence-corrected chi connectivity index (χ4v) is 9.51. The van der Waals surface area contributed by atoms with Crippen LogP contribution in [0.5, 0.6) is 11.5 Å². The third-order valence-electron chi connectivity index (χ3n) is 10.6. The molecule has 0 saturated heterocycles. The molecule has 18 heteroatoms. The first-order chi connectivity index (χ1) is 31.4. The van der Waals surface area contributed by atoms with Crippen LogP contribution in [0, 0.1) is 0 Å². The van der Waals surface area contributed by atoms with E-state index < -0.39 is 59.0 Å². The second-order valence-electron chi connectivity index (χ2n) is 16.2. The maximum absolute atomic E-state index is 14.0. The van der Waals surface area contributed by atoms with Crippen LogP contribution in [0.4, 0.5) is 0 Å². The molecule has 4 rings (SSSR count). The van der Waals surface area contributed by atoms with E-state index >= 15 is 0 Å². The lowest BCUT2D eigenvalue weighted by Crippen LogP contribution is -2.32. The number of nitrogens with zero attached hydrogens (tertiary/aromatic N) is 1. The average molecular weight is 947 g/mol. The van der Waals surface area contributed by atoms with Gasteiger partial charge >= 0.3 is 33.3 Å². The molecule has 0 radical (unpaired) electrons. The summed E-state index contributed by atoms with van der Waals surface area (Å²) in [4.78, 5) is 61.4. The monoisotopic (exact) mass is 946 g/mol. The zero-order chi connectivity index (χ0) is 46.8. The number of hydrogen-bond acceptors (Lipinski definition) is 13.